The first-order valence-electron chi connectivity index (χ1n) is 8.58. The Balaban J connectivity index is 1.37. The van der Waals surface area contributed by atoms with Crippen LogP contribution in [-0.2, 0) is 11.3 Å². The van der Waals surface area contributed by atoms with Crippen molar-refractivity contribution in [1.82, 2.24) is 10.2 Å². The number of nitrogens with zero attached hydrogens (tertiary/aromatic N) is 1. The van der Waals surface area contributed by atoms with Crippen molar-refractivity contribution in [2.75, 3.05) is 19.6 Å². The molecule has 138 valence electrons. The molecule has 1 fully saturated rings. The highest BCUT2D eigenvalue weighted by molar-refractivity contribution is 7.08. The lowest BCUT2D eigenvalue weighted by atomic mass is 9.97. The van der Waals surface area contributed by atoms with E-state index in [1.54, 1.807) is 17.0 Å². The second-order valence-corrected chi connectivity index (χ2v) is 7.55. The Bertz CT molecular complexity index is 726. The second-order valence-electron chi connectivity index (χ2n) is 6.33. The van der Waals surface area contributed by atoms with Crippen LogP contribution in [0, 0.1) is 5.92 Å². The molecule has 2 heterocycles. The molecule has 0 bridgehead atoms. The van der Waals surface area contributed by atoms with E-state index in [1.807, 2.05) is 29.0 Å². The normalized spacial score (nSPS) is 14.9. The van der Waals surface area contributed by atoms with Crippen molar-refractivity contribution >= 4 is 34.9 Å². The van der Waals surface area contributed by atoms with Crippen LogP contribution in [0.25, 0.3) is 0 Å². The number of hydrogen-bond acceptors (Lipinski definition) is 4. The van der Waals surface area contributed by atoms with Gasteiger partial charge in [-0.15, -0.1) is 0 Å². The van der Waals surface area contributed by atoms with Gasteiger partial charge in [-0.05, 0) is 47.9 Å². The van der Waals surface area contributed by atoms with E-state index in [0.29, 0.717) is 36.1 Å². The molecular formula is C19H21ClN2O3S. The molecule has 0 unspecified atom stereocenters. The molecule has 5 nitrogen and oxygen atoms in total. The molecule has 0 spiro atoms. The number of thiophene rings is 1. The van der Waals surface area contributed by atoms with Crippen molar-refractivity contribution in [3.05, 3.63) is 57.2 Å². The summed E-state index contributed by atoms with van der Waals surface area (Å²) in [4.78, 5) is 25.9. The van der Waals surface area contributed by atoms with Crippen LogP contribution in [0.1, 0.15) is 28.8 Å². The standard InChI is InChI=1S/C19H21ClN2O3S/c20-17-3-1-15(2-4-17)12-25-19(24)22-8-5-14(6-9-22)11-21-18(23)16-7-10-26-13-16/h1-4,7,10,13-14H,5-6,8-9,11-12H2,(H,21,23). The minimum atomic E-state index is -0.291. The van der Waals surface area contributed by atoms with Crippen LogP contribution >= 0.6 is 22.9 Å². The zero-order valence-corrected chi connectivity index (χ0v) is 15.9. The lowest BCUT2D eigenvalue weighted by Gasteiger charge is -2.31. The zero-order chi connectivity index (χ0) is 18.4. The first-order chi connectivity index (χ1) is 12.6. The monoisotopic (exact) mass is 392 g/mol. The molecule has 1 aromatic carbocycles. The zero-order valence-electron chi connectivity index (χ0n) is 14.3. The first-order valence-corrected chi connectivity index (χ1v) is 9.90. The lowest BCUT2D eigenvalue weighted by Crippen LogP contribution is -2.41. The molecule has 7 heteroatoms. The van der Waals surface area contributed by atoms with Gasteiger partial charge in [-0.1, -0.05) is 23.7 Å². The van der Waals surface area contributed by atoms with Crippen LogP contribution in [0.5, 0.6) is 0 Å². The van der Waals surface area contributed by atoms with Crippen LogP contribution in [0.4, 0.5) is 4.79 Å². The van der Waals surface area contributed by atoms with E-state index < -0.39 is 0 Å². The molecule has 2 amide bonds. The average Bonchev–Trinajstić information content (AvgIpc) is 3.21. The number of likely N-dealkylation sites (tertiary alicyclic amines) is 1. The van der Waals surface area contributed by atoms with Crippen LogP contribution in [0.3, 0.4) is 0 Å². The maximum Gasteiger partial charge on any atom is 0.410 e. The van der Waals surface area contributed by atoms with Gasteiger partial charge in [0.25, 0.3) is 5.91 Å². The fraction of sp³-hybridized carbons (Fsp3) is 0.368. The topological polar surface area (TPSA) is 58.6 Å². The molecule has 1 aliphatic heterocycles. The van der Waals surface area contributed by atoms with E-state index in [1.165, 1.54) is 11.3 Å². The SMILES string of the molecule is O=C(NCC1CCN(C(=O)OCc2ccc(Cl)cc2)CC1)c1ccsc1. The minimum Gasteiger partial charge on any atom is -0.445 e. The molecule has 2 aromatic rings. The van der Waals surface area contributed by atoms with Gasteiger partial charge < -0.3 is 15.0 Å². The maximum absolute atomic E-state index is 12.2. The fourth-order valence-electron chi connectivity index (χ4n) is 2.87. The van der Waals surface area contributed by atoms with Gasteiger partial charge in [0.15, 0.2) is 0 Å². The Kier molecular flexibility index (Phi) is 6.52. The van der Waals surface area contributed by atoms with Crippen molar-refractivity contribution in [3.8, 4) is 0 Å². The Hall–Kier alpha value is -2.05. The third-order valence-electron chi connectivity index (χ3n) is 4.48. The largest absolute Gasteiger partial charge is 0.445 e. The Morgan fingerprint density at radius 1 is 1.19 bits per heavy atom. The summed E-state index contributed by atoms with van der Waals surface area (Å²) in [5.74, 6) is 0.356. The number of hydrogen-bond donors (Lipinski definition) is 1. The molecule has 1 saturated heterocycles. The van der Waals surface area contributed by atoms with Crippen molar-refractivity contribution in [3.63, 3.8) is 0 Å². The van der Waals surface area contributed by atoms with Gasteiger partial charge in [0.2, 0.25) is 0 Å². The van der Waals surface area contributed by atoms with E-state index in [4.69, 9.17) is 16.3 Å². The molecule has 0 saturated carbocycles. The molecule has 1 aliphatic rings. The van der Waals surface area contributed by atoms with Gasteiger partial charge in [-0.3, -0.25) is 4.79 Å². The molecule has 0 radical (unpaired) electrons. The third-order valence-corrected chi connectivity index (χ3v) is 5.42. The number of carbonyl (C=O) groups is 2. The Morgan fingerprint density at radius 2 is 1.92 bits per heavy atom. The van der Waals surface area contributed by atoms with Gasteiger partial charge in [0, 0.05) is 35.6 Å². The number of piperidine rings is 1. The quantitative estimate of drug-likeness (QED) is 0.830. The highest BCUT2D eigenvalue weighted by atomic mass is 35.5. The lowest BCUT2D eigenvalue weighted by molar-refractivity contribution is 0.0801. The molecular weight excluding hydrogens is 372 g/mol. The Morgan fingerprint density at radius 3 is 2.58 bits per heavy atom. The first kappa shape index (κ1) is 18.7. The summed E-state index contributed by atoms with van der Waals surface area (Å²) >= 11 is 7.35. The van der Waals surface area contributed by atoms with Gasteiger partial charge in [0.1, 0.15) is 6.61 Å². The number of halogens is 1. The Labute approximate surface area is 161 Å². The minimum absolute atomic E-state index is 0.0314. The van der Waals surface area contributed by atoms with Crippen LogP contribution in [0.2, 0.25) is 5.02 Å². The van der Waals surface area contributed by atoms with E-state index in [-0.39, 0.29) is 18.6 Å². The van der Waals surface area contributed by atoms with Gasteiger partial charge >= 0.3 is 6.09 Å². The smallest absolute Gasteiger partial charge is 0.410 e. The molecule has 3 rings (SSSR count). The molecule has 26 heavy (non-hydrogen) atoms. The predicted molar refractivity (Wildman–Crippen MR) is 103 cm³/mol. The molecule has 0 atom stereocenters. The van der Waals surface area contributed by atoms with Gasteiger partial charge in [-0.25, -0.2) is 4.79 Å². The van der Waals surface area contributed by atoms with Crippen molar-refractivity contribution in [2.45, 2.75) is 19.4 Å². The molecule has 1 aromatic heterocycles. The number of benzene rings is 1. The number of rotatable bonds is 5. The van der Waals surface area contributed by atoms with Crippen molar-refractivity contribution < 1.29 is 14.3 Å². The second kappa shape index (κ2) is 9.05. The van der Waals surface area contributed by atoms with Gasteiger partial charge in [0.05, 0.1) is 0 Å². The number of amides is 2. The maximum atomic E-state index is 12.2. The summed E-state index contributed by atoms with van der Waals surface area (Å²) in [5, 5.41) is 7.37. The van der Waals surface area contributed by atoms with Crippen LogP contribution in [-0.4, -0.2) is 36.5 Å². The molecule has 1 N–H and O–H groups in total. The number of ether oxygens (including phenoxy) is 1. The summed E-state index contributed by atoms with van der Waals surface area (Å²) in [6, 6.07) is 9.07. The van der Waals surface area contributed by atoms with Crippen LogP contribution in [0.15, 0.2) is 41.1 Å². The van der Waals surface area contributed by atoms with Gasteiger partial charge in [-0.2, -0.15) is 11.3 Å². The highest BCUT2D eigenvalue weighted by Crippen LogP contribution is 2.18. The van der Waals surface area contributed by atoms with Crippen molar-refractivity contribution in [2.24, 2.45) is 5.92 Å². The summed E-state index contributed by atoms with van der Waals surface area (Å²) in [5.41, 5.74) is 1.62. The molecule has 0 aliphatic carbocycles. The van der Waals surface area contributed by atoms with E-state index in [2.05, 4.69) is 5.32 Å². The van der Waals surface area contributed by atoms with Crippen molar-refractivity contribution in [1.29, 1.82) is 0 Å². The third kappa shape index (κ3) is 5.22. The fourth-order valence-corrected chi connectivity index (χ4v) is 3.63. The van der Waals surface area contributed by atoms with Crippen LogP contribution < -0.4 is 5.32 Å². The number of nitrogens with one attached hydrogen (secondary N) is 1. The average molecular weight is 393 g/mol. The summed E-state index contributed by atoms with van der Waals surface area (Å²) in [7, 11) is 0. The highest BCUT2D eigenvalue weighted by Gasteiger charge is 2.24. The summed E-state index contributed by atoms with van der Waals surface area (Å²) in [6.45, 7) is 2.19. The summed E-state index contributed by atoms with van der Waals surface area (Å²) in [6.07, 6.45) is 1.43. The van der Waals surface area contributed by atoms with E-state index >= 15 is 0 Å². The van der Waals surface area contributed by atoms with E-state index in [9.17, 15) is 9.59 Å². The number of carbonyl (C=O) groups excluding carboxylic acids is 2. The van der Waals surface area contributed by atoms with E-state index in [0.717, 1.165) is 18.4 Å². The predicted octanol–water partition coefficient (Wildman–Crippen LogP) is 4.18. The summed E-state index contributed by atoms with van der Waals surface area (Å²) < 4.78 is 5.37.